The van der Waals surface area contributed by atoms with E-state index in [1.165, 1.54) is 0 Å². The van der Waals surface area contributed by atoms with E-state index in [4.69, 9.17) is 5.26 Å². The maximum absolute atomic E-state index is 13.0. The SMILES string of the molecule is Cc1cc(C(=O)CN2C3C[C@@H]2CC(C)(O)C3)c(C)n1-c1ccc(C#N)cc1. The minimum absolute atomic E-state index is 0.138. The average Bonchev–Trinajstić information content (AvgIpc) is 2.93. The van der Waals surface area contributed by atoms with E-state index in [0.717, 1.165) is 41.9 Å². The number of hydrogen-bond acceptors (Lipinski definition) is 4. The highest BCUT2D eigenvalue weighted by Gasteiger charge is 2.49. The summed E-state index contributed by atoms with van der Waals surface area (Å²) in [6, 6.07) is 12.2. The van der Waals surface area contributed by atoms with Gasteiger partial charge < -0.3 is 9.67 Å². The predicted molar refractivity (Wildman–Crippen MR) is 103 cm³/mol. The van der Waals surface area contributed by atoms with Gasteiger partial charge in [0, 0.05) is 34.7 Å². The summed E-state index contributed by atoms with van der Waals surface area (Å²) in [5, 5.41) is 19.2. The molecule has 1 saturated carbocycles. The summed E-state index contributed by atoms with van der Waals surface area (Å²) >= 11 is 0. The van der Waals surface area contributed by atoms with Crippen molar-refractivity contribution in [3.8, 4) is 11.8 Å². The van der Waals surface area contributed by atoms with Crippen LogP contribution in [0.1, 0.15) is 53.5 Å². The Bertz CT molecular complexity index is 920. The molecule has 3 atom stereocenters. The number of nitrogens with zero attached hydrogens (tertiary/aromatic N) is 3. The largest absolute Gasteiger partial charge is 0.390 e. The summed E-state index contributed by atoms with van der Waals surface area (Å²) in [5.41, 5.74) is 3.69. The summed E-state index contributed by atoms with van der Waals surface area (Å²) < 4.78 is 2.07. The molecule has 2 heterocycles. The second kappa shape index (κ2) is 6.33. The Morgan fingerprint density at radius 1 is 1.26 bits per heavy atom. The van der Waals surface area contributed by atoms with Gasteiger partial charge in [-0.25, -0.2) is 0 Å². The van der Waals surface area contributed by atoms with E-state index in [1.807, 2.05) is 39.0 Å². The van der Waals surface area contributed by atoms with Gasteiger partial charge in [-0.2, -0.15) is 5.26 Å². The number of aliphatic hydroxyl groups is 1. The van der Waals surface area contributed by atoms with Crippen LogP contribution < -0.4 is 0 Å². The van der Waals surface area contributed by atoms with Gasteiger partial charge in [-0.05, 0) is 70.4 Å². The van der Waals surface area contributed by atoms with E-state index in [2.05, 4.69) is 15.5 Å². The van der Waals surface area contributed by atoms with E-state index in [9.17, 15) is 9.90 Å². The number of piperidine rings is 1. The zero-order valence-electron chi connectivity index (χ0n) is 16.1. The van der Waals surface area contributed by atoms with Crippen LogP contribution in [0.25, 0.3) is 5.69 Å². The molecule has 0 radical (unpaired) electrons. The maximum Gasteiger partial charge on any atom is 0.178 e. The van der Waals surface area contributed by atoms with Crippen molar-refractivity contribution < 1.29 is 9.90 Å². The van der Waals surface area contributed by atoms with Gasteiger partial charge >= 0.3 is 0 Å². The predicted octanol–water partition coefficient (Wildman–Crippen LogP) is 3.14. The van der Waals surface area contributed by atoms with Gasteiger partial charge in [0.2, 0.25) is 0 Å². The van der Waals surface area contributed by atoms with Crippen LogP contribution in [0.2, 0.25) is 0 Å². The molecular formula is C22H25N3O2. The lowest BCUT2D eigenvalue weighted by Crippen LogP contribution is -2.65. The third kappa shape index (κ3) is 3.09. The summed E-state index contributed by atoms with van der Waals surface area (Å²) in [7, 11) is 0. The Morgan fingerprint density at radius 2 is 1.89 bits per heavy atom. The third-order valence-electron chi connectivity index (χ3n) is 6.15. The Morgan fingerprint density at radius 3 is 2.48 bits per heavy atom. The second-order valence-electron chi connectivity index (χ2n) is 8.32. The van der Waals surface area contributed by atoms with Crippen LogP contribution in [-0.2, 0) is 0 Å². The van der Waals surface area contributed by atoms with Crippen LogP contribution in [-0.4, -0.2) is 44.6 Å². The maximum atomic E-state index is 13.0. The molecule has 0 spiro atoms. The van der Waals surface area contributed by atoms with Gasteiger partial charge in [0.15, 0.2) is 5.78 Å². The van der Waals surface area contributed by atoms with Crippen LogP contribution in [0.3, 0.4) is 0 Å². The fourth-order valence-corrected chi connectivity index (χ4v) is 4.88. The number of rotatable bonds is 4. The first kappa shape index (κ1) is 18.0. The fourth-order valence-electron chi connectivity index (χ4n) is 4.88. The fraction of sp³-hybridized carbons (Fsp3) is 0.455. The molecule has 140 valence electrons. The summed E-state index contributed by atoms with van der Waals surface area (Å²) in [6.45, 7) is 6.29. The van der Waals surface area contributed by atoms with Crippen molar-refractivity contribution in [1.82, 2.24) is 9.47 Å². The number of likely N-dealkylation sites (tertiary alicyclic amines) is 1. The lowest BCUT2D eigenvalue weighted by molar-refractivity contribution is -0.122. The highest BCUT2D eigenvalue weighted by molar-refractivity contribution is 5.99. The Labute approximate surface area is 159 Å². The quantitative estimate of drug-likeness (QED) is 0.848. The molecule has 2 aromatic rings. The number of carbonyl (C=O) groups is 1. The lowest BCUT2D eigenvalue weighted by Gasteiger charge is -2.57. The molecule has 1 aromatic heterocycles. The van der Waals surface area contributed by atoms with Crippen molar-refractivity contribution >= 4 is 5.78 Å². The first-order valence-electron chi connectivity index (χ1n) is 9.50. The van der Waals surface area contributed by atoms with Crippen molar-refractivity contribution in [2.24, 2.45) is 0 Å². The molecule has 1 saturated heterocycles. The molecule has 2 unspecified atom stereocenters. The molecule has 1 aliphatic heterocycles. The molecule has 5 nitrogen and oxygen atoms in total. The van der Waals surface area contributed by atoms with Crippen LogP contribution in [0.5, 0.6) is 0 Å². The number of ketones is 1. The molecule has 2 fully saturated rings. The Balaban J connectivity index is 1.55. The van der Waals surface area contributed by atoms with Gasteiger partial charge in [-0.15, -0.1) is 0 Å². The number of benzene rings is 1. The normalized spacial score (nSPS) is 27.1. The monoisotopic (exact) mass is 363 g/mol. The topological polar surface area (TPSA) is 69.3 Å². The van der Waals surface area contributed by atoms with Crippen LogP contribution >= 0.6 is 0 Å². The zero-order valence-corrected chi connectivity index (χ0v) is 16.1. The first-order chi connectivity index (χ1) is 12.8. The van der Waals surface area contributed by atoms with Crippen LogP contribution in [0.15, 0.2) is 30.3 Å². The molecule has 27 heavy (non-hydrogen) atoms. The highest BCUT2D eigenvalue weighted by Crippen LogP contribution is 2.43. The number of nitriles is 1. The number of fused-ring (bicyclic) bond motifs is 2. The minimum atomic E-state index is -0.585. The number of hydrogen-bond donors (Lipinski definition) is 1. The van der Waals surface area contributed by atoms with Gasteiger partial charge in [0.05, 0.1) is 23.8 Å². The van der Waals surface area contributed by atoms with Crippen molar-refractivity contribution in [3.05, 3.63) is 52.8 Å². The smallest absolute Gasteiger partial charge is 0.178 e. The number of carbonyl (C=O) groups excluding carboxylic acids is 1. The minimum Gasteiger partial charge on any atom is -0.390 e. The highest BCUT2D eigenvalue weighted by atomic mass is 16.3. The van der Waals surface area contributed by atoms with E-state index in [1.54, 1.807) is 12.1 Å². The van der Waals surface area contributed by atoms with E-state index >= 15 is 0 Å². The molecule has 5 heteroatoms. The Hall–Kier alpha value is -2.42. The zero-order chi connectivity index (χ0) is 19.3. The molecule has 1 aliphatic carbocycles. The standard InChI is InChI=1S/C22H25N3O2/c1-14-8-20(15(2)25(14)17-6-4-16(12-23)5-7-17)21(26)13-24-18-9-19(24)11-22(3,27)10-18/h4-8,18-19,27H,9-11,13H2,1-3H3/t18-,19?,22?/m1/s1. The third-order valence-corrected chi connectivity index (χ3v) is 6.15. The molecule has 2 aliphatic rings. The van der Waals surface area contributed by atoms with Crippen molar-refractivity contribution in [1.29, 1.82) is 5.26 Å². The van der Waals surface area contributed by atoms with Gasteiger partial charge in [-0.3, -0.25) is 9.69 Å². The van der Waals surface area contributed by atoms with Gasteiger partial charge in [-0.1, -0.05) is 0 Å². The summed E-state index contributed by atoms with van der Waals surface area (Å²) in [5.74, 6) is 0.138. The average molecular weight is 363 g/mol. The number of aryl methyl sites for hydroxylation is 1. The lowest BCUT2D eigenvalue weighted by atomic mass is 9.71. The van der Waals surface area contributed by atoms with Crippen molar-refractivity contribution in [3.63, 3.8) is 0 Å². The van der Waals surface area contributed by atoms with Crippen molar-refractivity contribution in [2.75, 3.05) is 6.54 Å². The summed E-state index contributed by atoms with van der Waals surface area (Å²) in [6.07, 6.45) is 2.59. The van der Waals surface area contributed by atoms with E-state index < -0.39 is 5.60 Å². The Kier molecular flexibility index (Phi) is 4.21. The van der Waals surface area contributed by atoms with Crippen LogP contribution in [0, 0.1) is 25.2 Å². The molecule has 1 aromatic carbocycles. The van der Waals surface area contributed by atoms with Crippen LogP contribution in [0.4, 0.5) is 0 Å². The number of Topliss-reactive ketones (excluding diaryl/α,β-unsaturated/α-hetero) is 1. The van der Waals surface area contributed by atoms with E-state index in [0.29, 0.717) is 24.2 Å². The van der Waals surface area contributed by atoms with Gasteiger partial charge in [0.25, 0.3) is 0 Å². The first-order valence-corrected chi connectivity index (χ1v) is 9.50. The molecule has 1 N–H and O–H groups in total. The molecular weight excluding hydrogens is 338 g/mol. The second-order valence-corrected chi connectivity index (χ2v) is 8.32. The van der Waals surface area contributed by atoms with E-state index in [-0.39, 0.29) is 5.78 Å². The van der Waals surface area contributed by atoms with Gasteiger partial charge in [0.1, 0.15) is 0 Å². The van der Waals surface area contributed by atoms with Crippen molar-refractivity contribution in [2.45, 2.75) is 57.7 Å². The summed E-state index contributed by atoms with van der Waals surface area (Å²) in [4.78, 5) is 15.3. The molecule has 4 rings (SSSR count). The number of aromatic nitrogens is 1. The molecule has 2 bridgehead atoms. The molecule has 0 amide bonds.